The molecule has 1 aliphatic heterocycles. The van der Waals surface area contributed by atoms with E-state index in [1.807, 2.05) is 54.3 Å². The van der Waals surface area contributed by atoms with Gasteiger partial charge in [0, 0.05) is 28.1 Å². The summed E-state index contributed by atoms with van der Waals surface area (Å²) in [5, 5.41) is 3.03. The summed E-state index contributed by atoms with van der Waals surface area (Å²) >= 11 is 1.59. The zero-order chi connectivity index (χ0) is 20.4. The smallest absolute Gasteiger partial charge is 0.251 e. The summed E-state index contributed by atoms with van der Waals surface area (Å²) in [6.07, 6.45) is 5.43. The van der Waals surface area contributed by atoms with Gasteiger partial charge in [-0.3, -0.25) is 4.79 Å². The lowest BCUT2D eigenvalue weighted by Crippen LogP contribution is -2.38. The number of hydrogen-bond acceptors (Lipinski definition) is 6. The molecule has 0 spiro atoms. The Balaban J connectivity index is 1.55. The van der Waals surface area contributed by atoms with Crippen molar-refractivity contribution in [2.45, 2.75) is 36.9 Å². The maximum absolute atomic E-state index is 12.4. The number of benzene rings is 2. The van der Waals surface area contributed by atoms with Gasteiger partial charge in [-0.15, -0.1) is 11.8 Å². The third-order valence-corrected chi connectivity index (χ3v) is 5.77. The van der Waals surface area contributed by atoms with Crippen LogP contribution >= 0.6 is 11.8 Å². The van der Waals surface area contributed by atoms with E-state index in [0.717, 1.165) is 40.2 Å². The number of aliphatic imine (C=N–C) groups is 1. The number of hydrogen-bond donors (Lipinski definition) is 3. The number of rotatable bonds is 6. The van der Waals surface area contributed by atoms with Crippen LogP contribution in [0.2, 0.25) is 0 Å². The van der Waals surface area contributed by atoms with E-state index < -0.39 is 6.17 Å². The Hall–Kier alpha value is -2.61. The van der Waals surface area contributed by atoms with Crippen LogP contribution in [0.1, 0.15) is 34.3 Å². The lowest BCUT2D eigenvalue weighted by Gasteiger charge is -2.23. The predicted molar refractivity (Wildman–Crippen MR) is 120 cm³/mol. The summed E-state index contributed by atoms with van der Waals surface area (Å²) in [7, 11) is 0. The fraction of sp³-hybridized carbons (Fsp3) is 0.273. The molecule has 1 saturated carbocycles. The summed E-state index contributed by atoms with van der Waals surface area (Å²) < 4.78 is 0. The van der Waals surface area contributed by atoms with E-state index in [4.69, 9.17) is 11.5 Å². The van der Waals surface area contributed by atoms with Crippen LogP contribution in [-0.2, 0) is 0 Å². The Kier molecular flexibility index (Phi) is 5.71. The Labute approximate surface area is 175 Å². The van der Waals surface area contributed by atoms with Crippen molar-refractivity contribution in [3.8, 4) is 0 Å². The molecule has 6 nitrogen and oxygen atoms in total. The first kappa shape index (κ1) is 19.7. The number of nitrogens with zero attached hydrogens (tertiary/aromatic N) is 2. The summed E-state index contributed by atoms with van der Waals surface area (Å²) in [6.45, 7) is 2.01. The van der Waals surface area contributed by atoms with Gasteiger partial charge in [0.15, 0.2) is 0 Å². The molecular formula is C22H25N5OS. The third kappa shape index (κ3) is 4.53. The van der Waals surface area contributed by atoms with E-state index in [0.29, 0.717) is 17.5 Å². The van der Waals surface area contributed by atoms with E-state index in [-0.39, 0.29) is 5.91 Å². The van der Waals surface area contributed by atoms with Crippen LogP contribution in [0.15, 0.2) is 58.0 Å². The van der Waals surface area contributed by atoms with Crippen molar-refractivity contribution in [2.75, 3.05) is 10.8 Å². The van der Waals surface area contributed by atoms with Gasteiger partial charge >= 0.3 is 0 Å². The van der Waals surface area contributed by atoms with Crippen LogP contribution in [0.5, 0.6) is 0 Å². The van der Waals surface area contributed by atoms with Gasteiger partial charge in [-0.1, -0.05) is 18.2 Å². The minimum absolute atomic E-state index is 0.0385. The summed E-state index contributed by atoms with van der Waals surface area (Å²) in [5.74, 6) is 0.499. The molecule has 1 atom stereocenters. The van der Waals surface area contributed by atoms with Gasteiger partial charge in [0.1, 0.15) is 6.17 Å². The van der Waals surface area contributed by atoms with Gasteiger partial charge < -0.3 is 21.7 Å². The second kappa shape index (κ2) is 8.41. The number of thioether (sulfide) groups is 1. The number of anilines is 1. The molecule has 0 aromatic heterocycles. The standard InChI is InChI=1S/C22H25N5OS/c1-14-5-6-16(22(28)26-17-7-8-17)11-20(14)27-13-25-19(21(27)24)10-15-3-2-4-18(9-15)29-12-23/h2-6,9-11,13,17,21H,7-8,12,23-24H2,1H3,(H,26,28). The molecule has 7 heteroatoms. The number of nitrogens with one attached hydrogen (secondary N) is 1. The fourth-order valence-electron chi connectivity index (χ4n) is 3.24. The first-order valence-electron chi connectivity index (χ1n) is 9.69. The van der Waals surface area contributed by atoms with Crippen LogP contribution < -0.4 is 21.7 Å². The summed E-state index contributed by atoms with van der Waals surface area (Å²) in [6, 6.07) is 14.1. The molecule has 1 unspecified atom stereocenters. The SMILES string of the molecule is Cc1ccc(C(=O)NC2CC2)cc1N1C=NC(=Cc2cccc(SCN)c2)C1N. The highest BCUT2D eigenvalue weighted by Crippen LogP contribution is 2.29. The van der Waals surface area contributed by atoms with Crippen LogP contribution in [0, 0.1) is 6.92 Å². The second-order valence-corrected chi connectivity index (χ2v) is 8.39. The average Bonchev–Trinajstić information content (AvgIpc) is 3.45. The molecule has 1 heterocycles. The maximum Gasteiger partial charge on any atom is 0.251 e. The Morgan fingerprint density at radius 2 is 2.14 bits per heavy atom. The van der Waals surface area contributed by atoms with E-state index in [9.17, 15) is 4.79 Å². The highest BCUT2D eigenvalue weighted by atomic mass is 32.2. The Bertz CT molecular complexity index is 983. The highest BCUT2D eigenvalue weighted by molar-refractivity contribution is 7.99. The van der Waals surface area contributed by atoms with Crippen molar-refractivity contribution in [3.05, 3.63) is 64.9 Å². The molecule has 2 aliphatic rings. The Morgan fingerprint density at radius 1 is 1.31 bits per heavy atom. The number of nitrogens with two attached hydrogens (primary N) is 2. The third-order valence-electron chi connectivity index (χ3n) is 5.02. The first-order valence-corrected chi connectivity index (χ1v) is 10.7. The molecule has 1 amide bonds. The van der Waals surface area contributed by atoms with E-state index in [2.05, 4.69) is 16.4 Å². The lowest BCUT2D eigenvalue weighted by atomic mass is 10.1. The number of amides is 1. The lowest BCUT2D eigenvalue weighted by molar-refractivity contribution is 0.0951. The molecular weight excluding hydrogens is 382 g/mol. The number of carbonyl (C=O) groups is 1. The van der Waals surface area contributed by atoms with E-state index in [1.165, 1.54) is 0 Å². The zero-order valence-corrected chi connectivity index (χ0v) is 17.2. The van der Waals surface area contributed by atoms with Crippen LogP contribution in [0.25, 0.3) is 6.08 Å². The summed E-state index contributed by atoms with van der Waals surface area (Å²) in [5.41, 5.74) is 16.5. The topological polar surface area (TPSA) is 96.7 Å². The van der Waals surface area contributed by atoms with Gasteiger partial charge in [0.2, 0.25) is 0 Å². The minimum atomic E-state index is -0.415. The molecule has 0 saturated heterocycles. The molecule has 5 N–H and O–H groups in total. The molecule has 2 aromatic rings. The summed E-state index contributed by atoms with van der Waals surface area (Å²) in [4.78, 5) is 20.0. The highest BCUT2D eigenvalue weighted by Gasteiger charge is 2.27. The van der Waals surface area contributed by atoms with Gasteiger partial charge in [-0.05, 0) is 61.2 Å². The fourth-order valence-corrected chi connectivity index (χ4v) is 3.83. The van der Waals surface area contributed by atoms with Gasteiger partial charge in [-0.25, -0.2) is 4.99 Å². The zero-order valence-electron chi connectivity index (χ0n) is 16.3. The minimum Gasteiger partial charge on any atom is -0.349 e. The Morgan fingerprint density at radius 3 is 2.90 bits per heavy atom. The molecule has 1 aliphatic carbocycles. The van der Waals surface area contributed by atoms with Crippen LogP contribution in [0.4, 0.5) is 5.69 Å². The van der Waals surface area contributed by atoms with Gasteiger partial charge in [0.05, 0.1) is 12.0 Å². The molecule has 0 bridgehead atoms. The van der Waals surface area contributed by atoms with Crippen molar-refractivity contribution < 1.29 is 4.79 Å². The van der Waals surface area contributed by atoms with Crippen molar-refractivity contribution in [3.63, 3.8) is 0 Å². The van der Waals surface area contributed by atoms with Crippen LogP contribution in [-0.4, -0.2) is 30.3 Å². The van der Waals surface area contributed by atoms with E-state index in [1.54, 1.807) is 18.1 Å². The van der Waals surface area contributed by atoms with Crippen molar-refractivity contribution >= 4 is 35.8 Å². The molecule has 0 radical (unpaired) electrons. The predicted octanol–water partition coefficient (Wildman–Crippen LogP) is 3.07. The van der Waals surface area contributed by atoms with Crippen molar-refractivity contribution in [2.24, 2.45) is 16.5 Å². The van der Waals surface area contributed by atoms with Gasteiger partial charge in [-0.2, -0.15) is 0 Å². The largest absolute Gasteiger partial charge is 0.349 e. The van der Waals surface area contributed by atoms with Gasteiger partial charge in [0.25, 0.3) is 5.91 Å². The maximum atomic E-state index is 12.4. The molecule has 1 fully saturated rings. The number of carbonyl (C=O) groups excluding carboxylic acids is 1. The van der Waals surface area contributed by atoms with Crippen molar-refractivity contribution in [1.82, 2.24) is 5.32 Å². The average molecular weight is 408 g/mol. The van der Waals surface area contributed by atoms with Crippen molar-refractivity contribution in [1.29, 1.82) is 0 Å². The monoisotopic (exact) mass is 407 g/mol. The van der Waals surface area contributed by atoms with E-state index >= 15 is 0 Å². The molecule has 4 rings (SSSR count). The second-order valence-electron chi connectivity index (χ2n) is 7.30. The quantitative estimate of drug-likeness (QED) is 0.505. The normalized spacial score (nSPS) is 19.8. The molecule has 150 valence electrons. The first-order chi connectivity index (χ1) is 14.0. The number of aryl methyl sites for hydroxylation is 1. The molecule has 2 aromatic carbocycles. The molecule has 29 heavy (non-hydrogen) atoms. The van der Waals surface area contributed by atoms with Crippen LogP contribution in [0.3, 0.4) is 0 Å².